The van der Waals surface area contributed by atoms with Crippen LogP contribution in [0.3, 0.4) is 0 Å². The molecule has 0 saturated carbocycles. The quantitative estimate of drug-likeness (QED) is 0.659. The molecule has 8 nitrogen and oxygen atoms in total. The summed E-state index contributed by atoms with van der Waals surface area (Å²) in [6.45, 7) is 4.37. The second kappa shape index (κ2) is 8.40. The molecule has 3 aromatic rings. The van der Waals surface area contributed by atoms with Crippen LogP contribution in [0.25, 0.3) is 11.0 Å². The van der Waals surface area contributed by atoms with Crippen LogP contribution < -0.4 is 10.6 Å². The number of aryl methyl sites for hydroxylation is 1. The van der Waals surface area contributed by atoms with Gasteiger partial charge in [-0.2, -0.15) is 0 Å². The van der Waals surface area contributed by atoms with E-state index in [2.05, 4.69) is 49.5 Å². The molecular formula is C21H23N5O3. The Kier molecular flexibility index (Phi) is 5.53. The van der Waals surface area contributed by atoms with Gasteiger partial charge in [0.1, 0.15) is 11.0 Å². The number of carbonyl (C=O) groups is 2. The Hall–Kier alpha value is -3.26. The zero-order valence-corrected chi connectivity index (χ0v) is 16.2. The molecule has 1 atom stereocenters. The van der Waals surface area contributed by atoms with E-state index in [4.69, 9.17) is 0 Å². The molecule has 2 N–H and O–H groups in total. The minimum absolute atomic E-state index is 0.102. The molecule has 0 radical (unpaired) electrons. The van der Waals surface area contributed by atoms with Crippen molar-refractivity contribution in [1.29, 1.82) is 0 Å². The Morgan fingerprint density at radius 2 is 2.07 bits per heavy atom. The van der Waals surface area contributed by atoms with Crippen molar-refractivity contribution < 1.29 is 14.2 Å². The summed E-state index contributed by atoms with van der Waals surface area (Å²) in [5.41, 5.74) is 4.56. The molecule has 1 aliphatic rings. The third-order valence-corrected chi connectivity index (χ3v) is 5.26. The smallest absolute Gasteiger partial charge is 0.237 e. The monoisotopic (exact) mass is 393 g/mol. The van der Waals surface area contributed by atoms with Crippen molar-refractivity contribution >= 4 is 22.8 Å². The summed E-state index contributed by atoms with van der Waals surface area (Å²) in [6.07, 6.45) is 0.117. The number of nitrogens with one attached hydrogen (secondary N) is 2. The van der Waals surface area contributed by atoms with E-state index < -0.39 is 6.04 Å². The number of nitrogens with zero attached hydrogens (tertiary/aromatic N) is 3. The molecule has 1 fully saturated rings. The minimum atomic E-state index is -0.481. The van der Waals surface area contributed by atoms with Crippen LogP contribution in [0.4, 0.5) is 0 Å². The highest BCUT2D eigenvalue weighted by Gasteiger charge is 2.31. The van der Waals surface area contributed by atoms with Crippen LogP contribution in [0, 0.1) is 6.92 Å². The molecule has 1 aliphatic heterocycles. The molecule has 29 heavy (non-hydrogen) atoms. The molecule has 0 bridgehead atoms. The molecule has 0 unspecified atom stereocenters. The van der Waals surface area contributed by atoms with E-state index in [1.165, 1.54) is 11.1 Å². The van der Waals surface area contributed by atoms with Gasteiger partial charge in [0.2, 0.25) is 11.8 Å². The van der Waals surface area contributed by atoms with Gasteiger partial charge in [-0.15, -0.1) is 0 Å². The van der Waals surface area contributed by atoms with Gasteiger partial charge in [0, 0.05) is 26.2 Å². The lowest BCUT2D eigenvalue weighted by Crippen LogP contribution is -2.56. The van der Waals surface area contributed by atoms with Gasteiger partial charge in [0.25, 0.3) is 0 Å². The van der Waals surface area contributed by atoms with E-state index in [9.17, 15) is 9.59 Å². The van der Waals surface area contributed by atoms with Gasteiger partial charge >= 0.3 is 0 Å². The molecule has 1 aromatic heterocycles. The number of rotatable bonds is 6. The number of carbonyl (C=O) groups excluding carboxylic acids is 2. The summed E-state index contributed by atoms with van der Waals surface area (Å²) in [5, 5.41) is 13.3. The summed E-state index contributed by atoms with van der Waals surface area (Å²) in [4.78, 5) is 27.1. The molecule has 2 aromatic carbocycles. The standard InChI is InChI=1S/C21H23N5O3/c1-14-4-2-3-5-16(14)13-26-9-8-22-21(28)19(26)11-20(27)23-12-15-6-7-17-18(10-15)25-29-24-17/h2-7,10,19H,8-9,11-13H2,1H3,(H,22,28)(H,23,27)/t19-/m0/s1. The number of piperazine rings is 1. The van der Waals surface area contributed by atoms with Crippen LogP contribution in [0.1, 0.15) is 23.1 Å². The number of amides is 2. The van der Waals surface area contributed by atoms with Gasteiger partial charge in [0.15, 0.2) is 0 Å². The van der Waals surface area contributed by atoms with Crippen molar-refractivity contribution in [2.45, 2.75) is 32.5 Å². The normalized spacial score (nSPS) is 17.3. The van der Waals surface area contributed by atoms with Crippen LogP contribution >= 0.6 is 0 Å². The number of hydrogen-bond acceptors (Lipinski definition) is 6. The fourth-order valence-corrected chi connectivity index (χ4v) is 3.57. The fraction of sp³-hybridized carbons (Fsp3) is 0.333. The van der Waals surface area contributed by atoms with Crippen molar-refractivity contribution in [3.05, 3.63) is 59.2 Å². The predicted molar refractivity (Wildman–Crippen MR) is 107 cm³/mol. The molecular weight excluding hydrogens is 370 g/mol. The topological polar surface area (TPSA) is 100 Å². The van der Waals surface area contributed by atoms with Gasteiger partial charge in [-0.25, -0.2) is 4.63 Å². The lowest BCUT2D eigenvalue weighted by molar-refractivity contribution is -0.134. The Morgan fingerprint density at radius 3 is 2.93 bits per heavy atom. The van der Waals surface area contributed by atoms with Crippen LogP contribution in [0.15, 0.2) is 47.1 Å². The van der Waals surface area contributed by atoms with Gasteiger partial charge in [0.05, 0.1) is 12.5 Å². The Bertz CT molecular complexity index is 1030. The van der Waals surface area contributed by atoms with Gasteiger partial charge in [-0.05, 0) is 46.1 Å². The van der Waals surface area contributed by atoms with Crippen LogP contribution in [0.5, 0.6) is 0 Å². The average Bonchev–Trinajstić information content (AvgIpc) is 3.18. The first-order chi connectivity index (χ1) is 14.1. The molecule has 0 spiro atoms. The molecule has 2 heterocycles. The van der Waals surface area contributed by atoms with Crippen LogP contribution in [-0.4, -0.2) is 46.2 Å². The second-order valence-electron chi connectivity index (χ2n) is 7.27. The van der Waals surface area contributed by atoms with Crippen molar-refractivity contribution in [2.24, 2.45) is 0 Å². The summed E-state index contributed by atoms with van der Waals surface area (Å²) in [7, 11) is 0. The molecule has 150 valence electrons. The van der Waals surface area contributed by atoms with E-state index in [0.717, 1.165) is 5.56 Å². The van der Waals surface area contributed by atoms with Gasteiger partial charge < -0.3 is 10.6 Å². The Labute approximate surface area is 168 Å². The van der Waals surface area contributed by atoms with Crippen LogP contribution in [0.2, 0.25) is 0 Å². The number of fused-ring (bicyclic) bond motifs is 1. The minimum Gasteiger partial charge on any atom is -0.353 e. The predicted octanol–water partition coefficient (Wildman–Crippen LogP) is 1.54. The molecule has 8 heteroatoms. The molecule has 0 aliphatic carbocycles. The number of aromatic nitrogens is 2. The second-order valence-corrected chi connectivity index (χ2v) is 7.27. The van der Waals surface area contributed by atoms with E-state index in [1.807, 2.05) is 24.3 Å². The van der Waals surface area contributed by atoms with Crippen molar-refractivity contribution in [1.82, 2.24) is 25.8 Å². The fourth-order valence-electron chi connectivity index (χ4n) is 3.57. The first-order valence-electron chi connectivity index (χ1n) is 9.64. The summed E-state index contributed by atoms with van der Waals surface area (Å²) in [6, 6.07) is 13.1. The molecule has 4 rings (SSSR count). The zero-order valence-electron chi connectivity index (χ0n) is 16.2. The highest BCUT2D eigenvalue weighted by molar-refractivity contribution is 5.88. The highest BCUT2D eigenvalue weighted by atomic mass is 16.6. The molecule has 1 saturated heterocycles. The maximum absolute atomic E-state index is 12.5. The van der Waals surface area contributed by atoms with E-state index in [0.29, 0.717) is 37.2 Å². The largest absolute Gasteiger partial charge is 0.353 e. The van der Waals surface area contributed by atoms with E-state index >= 15 is 0 Å². The van der Waals surface area contributed by atoms with E-state index in [-0.39, 0.29) is 18.2 Å². The van der Waals surface area contributed by atoms with Crippen molar-refractivity contribution in [3.63, 3.8) is 0 Å². The maximum Gasteiger partial charge on any atom is 0.237 e. The third-order valence-electron chi connectivity index (χ3n) is 5.26. The van der Waals surface area contributed by atoms with Crippen molar-refractivity contribution in [3.8, 4) is 0 Å². The third kappa shape index (κ3) is 4.43. The maximum atomic E-state index is 12.5. The zero-order chi connectivity index (χ0) is 20.2. The first kappa shape index (κ1) is 19.1. The number of hydrogen-bond donors (Lipinski definition) is 2. The van der Waals surface area contributed by atoms with Gasteiger partial charge in [-0.3, -0.25) is 14.5 Å². The summed E-state index contributed by atoms with van der Waals surface area (Å²) >= 11 is 0. The van der Waals surface area contributed by atoms with Crippen LogP contribution in [-0.2, 0) is 22.7 Å². The first-order valence-corrected chi connectivity index (χ1v) is 9.64. The highest BCUT2D eigenvalue weighted by Crippen LogP contribution is 2.17. The number of benzene rings is 2. The average molecular weight is 393 g/mol. The van der Waals surface area contributed by atoms with Crippen molar-refractivity contribution in [2.75, 3.05) is 13.1 Å². The van der Waals surface area contributed by atoms with Gasteiger partial charge in [-0.1, -0.05) is 30.3 Å². The summed E-state index contributed by atoms with van der Waals surface area (Å²) < 4.78 is 4.69. The molecule has 2 amide bonds. The van der Waals surface area contributed by atoms with E-state index in [1.54, 1.807) is 6.07 Å². The Balaban J connectivity index is 1.38. The Morgan fingerprint density at radius 1 is 1.24 bits per heavy atom. The SMILES string of the molecule is Cc1ccccc1CN1CCNC(=O)[C@@H]1CC(=O)NCc1ccc2nonc2c1. The summed E-state index contributed by atoms with van der Waals surface area (Å²) in [5.74, 6) is -0.268. The lowest BCUT2D eigenvalue weighted by Gasteiger charge is -2.35. The lowest BCUT2D eigenvalue weighted by atomic mass is 10.0.